The molecule has 0 aliphatic heterocycles. The van der Waals surface area contributed by atoms with Crippen LogP contribution in [0.4, 0.5) is 0 Å². The van der Waals surface area contributed by atoms with Gasteiger partial charge in [-0.05, 0) is 26.7 Å². The van der Waals surface area contributed by atoms with Crippen molar-refractivity contribution in [2.45, 2.75) is 51.6 Å². The van der Waals surface area contributed by atoms with Crippen molar-refractivity contribution in [3.63, 3.8) is 0 Å². The number of hydrogen-bond acceptors (Lipinski definition) is 4. The average Bonchev–Trinajstić information content (AvgIpc) is 2.28. The van der Waals surface area contributed by atoms with E-state index in [1.165, 1.54) is 0 Å². The standard InChI is InChI=1S/C12H26N2O3/c1-9(5-4-6-10(2)13)11(17)14-12(3,7-15)8-16/h9-10,15-16H,4-8,13H2,1-3H3,(H,14,17). The molecule has 17 heavy (non-hydrogen) atoms. The van der Waals surface area contributed by atoms with Crippen LogP contribution in [0.2, 0.25) is 0 Å². The first-order valence-corrected chi connectivity index (χ1v) is 6.14. The highest BCUT2D eigenvalue weighted by Crippen LogP contribution is 2.11. The van der Waals surface area contributed by atoms with Gasteiger partial charge in [0.15, 0.2) is 0 Å². The summed E-state index contributed by atoms with van der Waals surface area (Å²) in [5.41, 5.74) is 4.69. The van der Waals surface area contributed by atoms with Crippen molar-refractivity contribution in [2.75, 3.05) is 13.2 Å². The molecule has 0 saturated carbocycles. The minimum Gasteiger partial charge on any atom is -0.394 e. The fraction of sp³-hybridized carbons (Fsp3) is 0.917. The van der Waals surface area contributed by atoms with Crippen molar-refractivity contribution in [3.05, 3.63) is 0 Å². The largest absolute Gasteiger partial charge is 0.394 e. The minimum atomic E-state index is -0.938. The summed E-state index contributed by atoms with van der Waals surface area (Å²) in [7, 11) is 0. The van der Waals surface area contributed by atoms with Crippen LogP contribution in [0, 0.1) is 5.92 Å². The van der Waals surface area contributed by atoms with Gasteiger partial charge in [0.1, 0.15) is 0 Å². The van der Waals surface area contributed by atoms with Crippen molar-refractivity contribution in [2.24, 2.45) is 11.7 Å². The quantitative estimate of drug-likeness (QED) is 0.485. The Kier molecular flexibility index (Phi) is 7.34. The van der Waals surface area contributed by atoms with Gasteiger partial charge in [0.25, 0.3) is 0 Å². The lowest BCUT2D eigenvalue weighted by molar-refractivity contribution is -0.127. The van der Waals surface area contributed by atoms with E-state index >= 15 is 0 Å². The Morgan fingerprint density at radius 2 is 1.82 bits per heavy atom. The Morgan fingerprint density at radius 3 is 2.24 bits per heavy atom. The van der Waals surface area contributed by atoms with Gasteiger partial charge in [-0.25, -0.2) is 0 Å². The first-order chi connectivity index (χ1) is 7.84. The van der Waals surface area contributed by atoms with Crippen molar-refractivity contribution in [1.29, 1.82) is 0 Å². The topological polar surface area (TPSA) is 95.6 Å². The lowest BCUT2D eigenvalue weighted by Crippen LogP contribution is -2.53. The van der Waals surface area contributed by atoms with E-state index in [0.29, 0.717) is 0 Å². The molecule has 0 saturated heterocycles. The number of carbonyl (C=O) groups excluding carboxylic acids is 1. The Hall–Kier alpha value is -0.650. The van der Waals surface area contributed by atoms with Gasteiger partial charge in [0.05, 0.1) is 18.8 Å². The van der Waals surface area contributed by atoms with Gasteiger partial charge in [0.2, 0.25) is 5.91 Å². The van der Waals surface area contributed by atoms with Gasteiger partial charge >= 0.3 is 0 Å². The van der Waals surface area contributed by atoms with E-state index in [9.17, 15) is 4.79 Å². The minimum absolute atomic E-state index is 0.133. The summed E-state index contributed by atoms with van der Waals surface area (Å²) < 4.78 is 0. The summed E-state index contributed by atoms with van der Waals surface area (Å²) >= 11 is 0. The third kappa shape index (κ3) is 6.61. The van der Waals surface area contributed by atoms with Crippen LogP contribution in [-0.4, -0.2) is 40.9 Å². The van der Waals surface area contributed by atoms with Crippen LogP contribution < -0.4 is 11.1 Å². The normalized spacial score (nSPS) is 15.4. The first-order valence-electron chi connectivity index (χ1n) is 6.14. The second kappa shape index (κ2) is 7.63. The lowest BCUT2D eigenvalue weighted by atomic mass is 9.98. The number of hydrogen-bond donors (Lipinski definition) is 4. The molecule has 0 rings (SSSR count). The average molecular weight is 246 g/mol. The number of amides is 1. The lowest BCUT2D eigenvalue weighted by Gasteiger charge is -2.27. The molecule has 0 radical (unpaired) electrons. The summed E-state index contributed by atoms with van der Waals surface area (Å²) in [5.74, 6) is -0.272. The number of aliphatic hydroxyl groups excluding tert-OH is 2. The van der Waals surface area contributed by atoms with Gasteiger partial charge in [-0.3, -0.25) is 4.79 Å². The van der Waals surface area contributed by atoms with Crippen LogP contribution >= 0.6 is 0 Å². The molecule has 0 spiro atoms. The Bertz CT molecular complexity index is 228. The summed E-state index contributed by atoms with van der Waals surface area (Å²) in [6.45, 7) is 4.84. The van der Waals surface area contributed by atoms with Crippen molar-refractivity contribution < 1.29 is 15.0 Å². The molecule has 2 atom stereocenters. The van der Waals surface area contributed by atoms with Crippen LogP contribution in [0.3, 0.4) is 0 Å². The zero-order chi connectivity index (χ0) is 13.5. The highest BCUT2D eigenvalue weighted by molar-refractivity contribution is 5.79. The summed E-state index contributed by atoms with van der Waals surface area (Å²) in [5, 5.41) is 20.8. The molecule has 5 nitrogen and oxygen atoms in total. The van der Waals surface area contributed by atoms with E-state index in [4.69, 9.17) is 15.9 Å². The maximum Gasteiger partial charge on any atom is 0.223 e. The molecule has 0 aromatic carbocycles. The number of nitrogens with two attached hydrogens (primary N) is 1. The molecule has 0 aliphatic carbocycles. The Morgan fingerprint density at radius 1 is 1.29 bits per heavy atom. The van der Waals surface area contributed by atoms with E-state index in [2.05, 4.69) is 5.32 Å². The van der Waals surface area contributed by atoms with E-state index < -0.39 is 5.54 Å². The molecule has 0 bridgehead atoms. The molecule has 0 heterocycles. The maximum absolute atomic E-state index is 11.8. The predicted octanol–water partition coefficient (Wildman–Crippen LogP) is -0.000500. The maximum atomic E-state index is 11.8. The summed E-state index contributed by atoms with van der Waals surface area (Å²) in [6, 6.07) is 0.158. The van der Waals surface area contributed by atoms with Crippen molar-refractivity contribution in [3.8, 4) is 0 Å². The highest BCUT2D eigenvalue weighted by Gasteiger charge is 2.26. The van der Waals surface area contributed by atoms with Crippen LogP contribution in [-0.2, 0) is 4.79 Å². The molecular weight excluding hydrogens is 220 g/mol. The van der Waals surface area contributed by atoms with Crippen LogP contribution in [0.25, 0.3) is 0 Å². The fourth-order valence-corrected chi connectivity index (χ4v) is 1.43. The molecule has 0 aromatic heterocycles. The molecule has 0 aliphatic rings. The Labute approximate surface area is 103 Å². The smallest absolute Gasteiger partial charge is 0.223 e. The van der Waals surface area contributed by atoms with Crippen LogP contribution in [0.15, 0.2) is 0 Å². The molecular formula is C12H26N2O3. The fourth-order valence-electron chi connectivity index (χ4n) is 1.43. The molecule has 102 valence electrons. The third-order valence-electron chi connectivity index (χ3n) is 2.87. The van der Waals surface area contributed by atoms with E-state index in [0.717, 1.165) is 19.3 Å². The van der Waals surface area contributed by atoms with Crippen LogP contribution in [0.5, 0.6) is 0 Å². The van der Waals surface area contributed by atoms with Crippen molar-refractivity contribution >= 4 is 5.91 Å². The molecule has 2 unspecified atom stereocenters. The van der Waals surface area contributed by atoms with E-state index in [1.54, 1.807) is 6.92 Å². The monoisotopic (exact) mass is 246 g/mol. The van der Waals surface area contributed by atoms with Crippen LogP contribution in [0.1, 0.15) is 40.0 Å². The third-order valence-corrected chi connectivity index (χ3v) is 2.87. The van der Waals surface area contributed by atoms with Gasteiger partial charge in [0, 0.05) is 12.0 Å². The SMILES string of the molecule is CC(N)CCCC(C)C(=O)NC(C)(CO)CO. The molecule has 1 amide bonds. The molecule has 5 N–H and O–H groups in total. The molecule has 0 fully saturated rings. The van der Waals surface area contributed by atoms with Gasteiger partial charge in [-0.2, -0.15) is 0 Å². The molecule has 0 aromatic rings. The Balaban J connectivity index is 4.05. The van der Waals surface area contributed by atoms with E-state index in [1.807, 2.05) is 13.8 Å². The second-order valence-corrected chi connectivity index (χ2v) is 5.18. The van der Waals surface area contributed by atoms with Gasteiger partial charge < -0.3 is 21.3 Å². The number of aliphatic hydroxyl groups is 2. The van der Waals surface area contributed by atoms with Crippen molar-refractivity contribution in [1.82, 2.24) is 5.32 Å². The van der Waals surface area contributed by atoms with Gasteiger partial charge in [-0.1, -0.05) is 13.3 Å². The predicted molar refractivity (Wildman–Crippen MR) is 67.4 cm³/mol. The highest BCUT2D eigenvalue weighted by atomic mass is 16.3. The second-order valence-electron chi connectivity index (χ2n) is 5.18. The zero-order valence-corrected chi connectivity index (χ0v) is 11.1. The first kappa shape index (κ1) is 16.4. The van der Waals surface area contributed by atoms with E-state index in [-0.39, 0.29) is 31.1 Å². The summed E-state index contributed by atoms with van der Waals surface area (Å²) in [6.07, 6.45) is 2.57. The number of nitrogens with one attached hydrogen (secondary N) is 1. The zero-order valence-electron chi connectivity index (χ0n) is 11.1. The number of carbonyl (C=O) groups is 1. The number of rotatable bonds is 8. The molecule has 5 heteroatoms. The van der Waals surface area contributed by atoms with Gasteiger partial charge in [-0.15, -0.1) is 0 Å². The summed E-state index contributed by atoms with van der Waals surface area (Å²) in [4.78, 5) is 11.8.